The molecule has 7 nitrogen and oxygen atoms in total. The maximum Gasteiger partial charge on any atom is 0.519 e. The van der Waals surface area contributed by atoms with Crippen molar-refractivity contribution in [1.82, 2.24) is 9.80 Å². The number of ether oxygens (including phenoxy) is 2. The van der Waals surface area contributed by atoms with Crippen LogP contribution in [0, 0.1) is 0 Å². The van der Waals surface area contributed by atoms with E-state index in [1.165, 1.54) is 21.9 Å². The molecule has 0 atom stereocenters. The molecule has 2 rings (SSSR count). The van der Waals surface area contributed by atoms with Gasteiger partial charge in [-0.3, -0.25) is 9.59 Å². The lowest BCUT2D eigenvalue weighted by molar-refractivity contribution is 0.0819. The summed E-state index contributed by atoms with van der Waals surface area (Å²) in [5.74, 6) is -0.464. The van der Waals surface area contributed by atoms with Crippen LogP contribution < -0.4 is 9.47 Å². The van der Waals surface area contributed by atoms with E-state index in [1.54, 1.807) is 64.6 Å². The van der Waals surface area contributed by atoms with Gasteiger partial charge in [0.05, 0.1) is 11.1 Å². The Kier molecular flexibility index (Phi) is 5.95. The first kappa shape index (κ1) is 19.0. The van der Waals surface area contributed by atoms with Gasteiger partial charge in [0.25, 0.3) is 11.8 Å². The zero-order valence-electron chi connectivity index (χ0n) is 15.1. The monoisotopic (exact) mass is 356 g/mol. The SMILES string of the molecule is CN(C)C(=O)c1ccccc1OC(=O)Oc1ccccc1C(=O)N(C)C. The maximum atomic E-state index is 12.2. The third-order valence-electron chi connectivity index (χ3n) is 3.43. The molecule has 0 spiro atoms. The van der Waals surface area contributed by atoms with Crippen molar-refractivity contribution in [2.75, 3.05) is 28.2 Å². The fraction of sp³-hybridized carbons (Fsp3) is 0.211. The molecule has 0 heterocycles. The average molecular weight is 356 g/mol. The number of amides is 2. The third kappa shape index (κ3) is 4.38. The van der Waals surface area contributed by atoms with E-state index in [1.807, 2.05) is 0 Å². The van der Waals surface area contributed by atoms with Gasteiger partial charge >= 0.3 is 6.16 Å². The smallest absolute Gasteiger partial charge is 0.394 e. The molecular formula is C19H20N2O5. The number of nitrogens with zero attached hydrogens (tertiary/aromatic N) is 2. The molecule has 0 aliphatic heterocycles. The van der Waals surface area contributed by atoms with E-state index in [-0.39, 0.29) is 34.4 Å². The lowest BCUT2D eigenvalue weighted by Gasteiger charge is -2.15. The van der Waals surface area contributed by atoms with Gasteiger partial charge in [-0.25, -0.2) is 4.79 Å². The minimum Gasteiger partial charge on any atom is -0.394 e. The Hall–Kier alpha value is -3.35. The molecule has 0 saturated carbocycles. The molecule has 0 aromatic heterocycles. The van der Waals surface area contributed by atoms with Crippen molar-refractivity contribution >= 4 is 18.0 Å². The van der Waals surface area contributed by atoms with Gasteiger partial charge in [0, 0.05) is 28.2 Å². The molecule has 0 aliphatic carbocycles. The molecule has 0 bridgehead atoms. The van der Waals surface area contributed by atoms with Gasteiger partial charge in [-0.1, -0.05) is 24.3 Å². The largest absolute Gasteiger partial charge is 0.519 e. The van der Waals surface area contributed by atoms with Gasteiger partial charge in [0.15, 0.2) is 0 Å². The predicted octanol–water partition coefficient (Wildman–Crippen LogP) is 2.67. The Bertz CT molecular complexity index is 763. The topological polar surface area (TPSA) is 76.1 Å². The van der Waals surface area contributed by atoms with Gasteiger partial charge in [-0.05, 0) is 24.3 Å². The van der Waals surface area contributed by atoms with Gasteiger partial charge in [-0.15, -0.1) is 0 Å². The molecule has 2 amide bonds. The molecule has 0 radical (unpaired) electrons. The van der Waals surface area contributed by atoms with Crippen LogP contribution in [0.1, 0.15) is 20.7 Å². The summed E-state index contributed by atoms with van der Waals surface area (Å²) in [5, 5.41) is 0. The van der Waals surface area contributed by atoms with E-state index >= 15 is 0 Å². The van der Waals surface area contributed by atoms with Crippen LogP contribution in [0.5, 0.6) is 11.5 Å². The van der Waals surface area contributed by atoms with Crippen molar-refractivity contribution in [3.05, 3.63) is 59.7 Å². The molecule has 0 N–H and O–H groups in total. The molecule has 2 aromatic rings. The van der Waals surface area contributed by atoms with Crippen LogP contribution in [0.25, 0.3) is 0 Å². The minimum atomic E-state index is -1.04. The number of hydrogen-bond donors (Lipinski definition) is 0. The Labute approximate surface area is 151 Å². The molecule has 7 heteroatoms. The number of carbonyl (C=O) groups is 3. The molecular weight excluding hydrogens is 336 g/mol. The number of hydrogen-bond acceptors (Lipinski definition) is 5. The summed E-state index contributed by atoms with van der Waals surface area (Å²) in [7, 11) is 6.39. The number of carbonyl (C=O) groups excluding carboxylic acids is 3. The van der Waals surface area contributed by atoms with E-state index in [0.717, 1.165) is 0 Å². The molecule has 0 aliphatic rings. The summed E-state index contributed by atoms with van der Waals surface area (Å²) >= 11 is 0. The number of rotatable bonds is 4. The van der Waals surface area contributed by atoms with E-state index < -0.39 is 6.16 Å². The van der Waals surface area contributed by atoms with Crippen molar-refractivity contribution in [1.29, 1.82) is 0 Å². The molecule has 0 unspecified atom stereocenters. The van der Waals surface area contributed by atoms with Crippen molar-refractivity contribution in [2.45, 2.75) is 0 Å². The number of para-hydroxylation sites is 2. The van der Waals surface area contributed by atoms with Crippen molar-refractivity contribution in [2.24, 2.45) is 0 Å². The standard InChI is InChI=1S/C19H20N2O5/c1-20(2)17(22)13-9-5-7-11-15(13)25-19(24)26-16-12-8-6-10-14(16)18(23)21(3)4/h5-12H,1-4H3. The first-order valence-corrected chi connectivity index (χ1v) is 7.82. The summed E-state index contributed by atoms with van der Waals surface area (Å²) in [6.45, 7) is 0. The van der Waals surface area contributed by atoms with Gasteiger partial charge in [-0.2, -0.15) is 0 Å². The Morgan fingerprint density at radius 2 is 1.00 bits per heavy atom. The Morgan fingerprint density at radius 3 is 1.35 bits per heavy atom. The normalized spacial score (nSPS) is 10.0. The third-order valence-corrected chi connectivity index (χ3v) is 3.43. The maximum absolute atomic E-state index is 12.2. The summed E-state index contributed by atoms with van der Waals surface area (Å²) in [6.07, 6.45) is -1.04. The lowest BCUT2D eigenvalue weighted by atomic mass is 10.2. The predicted molar refractivity (Wildman–Crippen MR) is 95.6 cm³/mol. The second kappa shape index (κ2) is 8.15. The molecule has 2 aromatic carbocycles. The Morgan fingerprint density at radius 1 is 0.654 bits per heavy atom. The van der Waals surface area contributed by atoms with Crippen LogP contribution in [0.3, 0.4) is 0 Å². The van der Waals surface area contributed by atoms with Gasteiger partial charge < -0.3 is 19.3 Å². The molecule has 136 valence electrons. The summed E-state index contributed by atoms with van der Waals surface area (Å²) in [6, 6.07) is 12.7. The molecule has 0 fully saturated rings. The first-order valence-electron chi connectivity index (χ1n) is 7.82. The van der Waals surface area contributed by atoms with Crippen LogP contribution in [0.4, 0.5) is 4.79 Å². The average Bonchev–Trinajstić information content (AvgIpc) is 2.61. The highest BCUT2D eigenvalue weighted by molar-refractivity contribution is 5.98. The zero-order valence-corrected chi connectivity index (χ0v) is 15.1. The molecule has 26 heavy (non-hydrogen) atoms. The second-order valence-electron chi connectivity index (χ2n) is 5.85. The van der Waals surface area contributed by atoms with Crippen LogP contribution in [0.2, 0.25) is 0 Å². The van der Waals surface area contributed by atoms with Crippen LogP contribution in [-0.4, -0.2) is 56.0 Å². The van der Waals surface area contributed by atoms with Crippen LogP contribution in [-0.2, 0) is 0 Å². The highest BCUT2D eigenvalue weighted by Gasteiger charge is 2.20. The highest BCUT2D eigenvalue weighted by atomic mass is 16.7. The molecule has 0 saturated heterocycles. The van der Waals surface area contributed by atoms with Crippen LogP contribution in [0.15, 0.2) is 48.5 Å². The lowest BCUT2D eigenvalue weighted by Crippen LogP contribution is -2.25. The number of benzene rings is 2. The van der Waals surface area contributed by atoms with E-state index in [4.69, 9.17) is 9.47 Å². The van der Waals surface area contributed by atoms with Gasteiger partial charge in [0.2, 0.25) is 0 Å². The fourth-order valence-electron chi connectivity index (χ4n) is 2.15. The second-order valence-corrected chi connectivity index (χ2v) is 5.85. The first-order chi connectivity index (χ1) is 12.3. The van der Waals surface area contributed by atoms with Crippen molar-refractivity contribution in [3.63, 3.8) is 0 Å². The minimum absolute atomic E-state index is 0.0765. The van der Waals surface area contributed by atoms with Crippen molar-refractivity contribution in [3.8, 4) is 11.5 Å². The fourth-order valence-corrected chi connectivity index (χ4v) is 2.15. The van der Waals surface area contributed by atoms with E-state index in [2.05, 4.69) is 0 Å². The van der Waals surface area contributed by atoms with Crippen LogP contribution >= 0.6 is 0 Å². The Balaban J connectivity index is 2.21. The van der Waals surface area contributed by atoms with Crippen molar-refractivity contribution < 1.29 is 23.9 Å². The zero-order chi connectivity index (χ0) is 19.3. The summed E-state index contributed by atoms with van der Waals surface area (Å²) in [4.78, 5) is 39.3. The van der Waals surface area contributed by atoms with E-state index in [9.17, 15) is 14.4 Å². The quantitative estimate of drug-likeness (QED) is 0.622. The van der Waals surface area contributed by atoms with E-state index in [0.29, 0.717) is 0 Å². The summed E-state index contributed by atoms with van der Waals surface area (Å²) < 4.78 is 10.4. The highest BCUT2D eigenvalue weighted by Crippen LogP contribution is 2.23. The summed E-state index contributed by atoms with van der Waals surface area (Å²) in [5.41, 5.74) is 0.458. The van der Waals surface area contributed by atoms with Gasteiger partial charge in [0.1, 0.15) is 11.5 Å².